The molecule has 35 heavy (non-hydrogen) atoms. The molecule has 1 aliphatic heterocycles. The molecule has 1 aromatic heterocycles. The molecule has 2 fully saturated rings. The second kappa shape index (κ2) is 9.71. The lowest BCUT2D eigenvalue weighted by molar-refractivity contribution is -0.121. The number of fused-ring (bicyclic) bond motifs is 1. The van der Waals surface area contributed by atoms with Crippen molar-refractivity contribution >= 4 is 35.0 Å². The molecule has 0 saturated heterocycles. The van der Waals surface area contributed by atoms with Gasteiger partial charge in [0, 0.05) is 31.2 Å². The summed E-state index contributed by atoms with van der Waals surface area (Å²) >= 11 is 0. The number of carbonyl (C=O) groups is 2. The van der Waals surface area contributed by atoms with Crippen molar-refractivity contribution in [1.29, 1.82) is 0 Å². The zero-order chi connectivity index (χ0) is 24.5. The Labute approximate surface area is 206 Å². The van der Waals surface area contributed by atoms with Crippen LogP contribution in [0.1, 0.15) is 62.2 Å². The van der Waals surface area contributed by atoms with Gasteiger partial charge in [-0.2, -0.15) is 4.98 Å². The lowest BCUT2D eigenvalue weighted by Gasteiger charge is -2.31. The van der Waals surface area contributed by atoms with Crippen LogP contribution in [0.25, 0.3) is 0 Å². The van der Waals surface area contributed by atoms with E-state index in [1.807, 2.05) is 13.0 Å². The van der Waals surface area contributed by atoms with Gasteiger partial charge < -0.3 is 25.2 Å². The van der Waals surface area contributed by atoms with Gasteiger partial charge >= 0.3 is 0 Å². The maximum Gasteiger partial charge on any atom is 0.251 e. The van der Waals surface area contributed by atoms with E-state index in [1.165, 1.54) is 19.3 Å². The molecular formula is C26H34N6O3. The highest BCUT2D eigenvalue weighted by molar-refractivity contribution is 5.99. The number of hydrogen-bond acceptors (Lipinski definition) is 7. The SMILES string of the molecule is COc1cc(C(=O)NC2CCC2)ccc1Nc1ncc2c(n1)N(C1CCCC1)C[C@@H](C)C(=O)N2C. The number of carbonyl (C=O) groups excluding carboxylic acids is 2. The van der Waals surface area contributed by atoms with Crippen LogP contribution in [0.3, 0.4) is 0 Å². The summed E-state index contributed by atoms with van der Waals surface area (Å²) in [6, 6.07) is 5.98. The van der Waals surface area contributed by atoms with Crippen molar-refractivity contribution in [3.05, 3.63) is 30.0 Å². The summed E-state index contributed by atoms with van der Waals surface area (Å²) in [5, 5.41) is 6.32. The molecule has 2 N–H and O–H groups in total. The molecule has 2 aliphatic carbocycles. The van der Waals surface area contributed by atoms with Crippen LogP contribution in [0.4, 0.5) is 23.1 Å². The molecule has 2 heterocycles. The summed E-state index contributed by atoms with van der Waals surface area (Å²) in [5.74, 6) is 1.61. The molecule has 2 aromatic rings. The lowest BCUT2D eigenvalue weighted by atomic mass is 9.93. The first-order valence-electron chi connectivity index (χ1n) is 12.6. The Morgan fingerprint density at radius 3 is 2.60 bits per heavy atom. The standard InChI is InChI=1S/C26H34N6O3/c1-16-15-32(19-9-4-5-10-19)23-21(31(2)25(16)34)14-27-26(30-23)29-20-12-11-17(13-22(20)35-3)24(33)28-18-7-6-8-18/h11-14,16,18-19H,4-10,15H2,1-3H3,(H,28,33)(H,27,29,30)/t16-/m1/s1. The molecule has 3 aliphatic rings. The third-order valence-corrected chi connectivity index (χ3v) is 7.52. The Morgan fingerprint density at radius 1 is 1.14 bits per heavy atom. The number of benzene rings is 1. The molecule has 0 radical (unpaired) electrons. The highest BCUT2D eigenvalue weighted by Crippen LogP contribution is 2.38. The van der Waals surface area contributed by atoms with Crippen LogP contribution in [-0.2, 0) is 4.79 Å². The first-order chi connectivity index (χ1) is 16.9. The van der Waals surface area contributed by atoms with Crippen molar-refractivity contribution in [1.82, 2.24) is 15.3 Å². The zero-order valence-electron chi connectivity index (χ0n) is 20.7. The van der Waals surface area contributed by atoms with Crippen LogP contribution in [0.5, 0.6) is 5.75 Å². The van der Waals surface area contributed by atoms with Crippen LogP contribution < -0.4 is 25.2 Å². The predicted octanol–water partition coefficient (Wildman–Crippen LogP) is 3.87. The Morgan fingerprint density at radius 2 is 1.91 bits per heavy atom. The van der Waals surface area contributed by atoms with Gasteiger partial charge in [0.2, 0.25) is 11.9 Å². The highest BCUT2D eigenvalue weighted by Gasteiger charge is 2.35. The molecule has 2 saturated carbocycles. The lowest BCUT2D eigenvalue weighted by Crippen LogP contribution is -2.39. The predicted molar refractivity (Wildman–Crippen MR) is 136 cm³/mol. The Hall–Kier alpha value is -3.36. The van der Waals surface area contributed by atoms with Crippen LogP contribution >= 0.6 is 0 Å². The minimum Gasteiger partial charge on any atom is -0.495 e. The molecule has 1 aromatic carbocycles. The molecule has 5 rings (SSSR count). The van der Waals surface area contributed by atoms with Gasteiger partial charge in [0.1, 0.15) is 11.4 Å². The van der Waals surface area contributed by atoms with Gasteiger partial charge in [-0.1, -0.05) is 19.8 Å². The number of ether oxygens (including phenoxy) is 1. The number of nitrogens with one attached hydrogen (secondary N) is 2. The quantitative estimate of drug-likeness (QED) is 0.650. The van der Waals surface area contributed by atoms with E-state index >= 15 is 0 Å². The Balaban J connectivity index is 1.42. The fourth-order valence-corrected chi connectivity index (χ4v) is 5.20. The van der Waals surface area contributed by atoms with Crippen molar-refractivity contribution in [2.75, 3.05) is 35.8 Å². The zero-order valence-corrected chi connectivity index (χ0v) is 20.7. The summed E-state index contributed by atoms with van der Waals surface area (Å²) in [6.45, 7) is 2.62. The molecule has 0 spiro atoms. The van der Waals surface area contributed by atoms with Gasteiger partial charge in [-0.05, 0) is 50.3 Å². The number of anilines is 4. The topological polar surface area (TPSA) is 99.7 Å². The highest BCUT2D eigenvalue weighted by atomic mass is 16.5. The smallest absolute Gasteiger partial charge is 0.251 e. The van der Waals surface area contributed by atoms with E-state index in [-0.39, 0.29) is 23.8 Å². The van der Waals surface area contributed by atoms with Gasteiger partial charge in [-0.3, -0.25) is 9.59 Å². The minimum absolute atomic E-state index is 0.0773. The van der Waals surface area contributed by atoms with Gasteiger partial charge in [0.15, 0.2) is 5.82 Å². The van der Waals surface area contributed by atoms with Crippen molar-refractivity contribution in [2.24, 2.45) is 5.92 Å². The molecule has 9 nitrogen and oxygen atoms in total. The van der Waals surface area contributed by atoms with Gasteiger partial charge in [0.25, 0.3) is 5.91 Å². The third-order valence-electron chi connectivity index (χ3n) is 7.52. The number of amides is 2. The van der Waals surface area contributed by atoms with Crippen molar-refractivity contribution in [3.63, 3.8) is 0 Å². The van der Waals surface area contributed by atoms with Gasteiger partial charge in [-0.15, -0.1) is 0 Å². The second-order valence-electron chi connectivity index (χ2n) is 9.93. The van der Waals surface area contributed by atoms with E-state index in [1.54, 1.807) is 37.4 Å². The second-order valence-corrected chi connectivity index (χ2v) is 9.93. The summed E-state index contributed by atoms with van der Waals surface area (Å²) in [4.78, 5) is 38.8. The maximum absolute atomic E-state index is 12.9. The van der Waals surface area contributed by atoms with E-state index in [0.29, 0.717) is 35.5 Å². The fraction of sp³-hybridized carbons (Fsp3) is 0.538. The number of nitrogens with zero attached hydrogens (tertiary/aromatic N) is 4. The Kier molecular flexibility index (Phi) is 6.49. The summed E-state index contributed by atoms with van der Waals surface area (Å²) in [6.07, 6.45) is 9.56. The van der Waals surface area contributed by atoms with Crippen LogP contribution in [0.2, 0.25) is 0 Å². The number of aromatic nitrogens is 2. The Bertz CT molecular complexity index is 1110. The maximum atomic E-state index is 12.9. The number of rotatable bonds is 6. The average Bonchev–Trinajstić information content (AvgIpc) is 3.35. The van der Waals surface area contributed by atoms with E-state index in [0.717, 1.165) is 37.2 Å². The van der Waals surface area contributed by atoms with E-state index < -0.39 is 0 Å². The molecule has 2 amide bonds. The number of methoxy groups -OCH3 is 1. The molecule has 186 valence electrons. The summed E-state index contributed by atoms with van der Waals surface area (Å²) < 4.78 is 5.57. The third kappa shape index (κ3) is 4.63. The van der Waals surface area contributed by atoms with Crippen LogP contribution in [0.15, 0.2) is 24.4 Å². The van der Waals surface area contributed by atoms with Crippen LogP contribution in [0, 0.1) is 5.92 Å². The van der Waals surface area contributed by atoms with E-state index in [2.05, 4.69) is 20.5 Å². The average molecular weight is 479 g/mol. The van der Waals surface area contributed by atoms with Crippen molar-refractivity contribution in [3.8, 4) is 5.75 Å². The fourth-order valence-electron chi connectivity index (χ4n) is 5.20. The first-order valence-corrected chi connectivity index (χ1v) is 12.6. The minimum atomic E-state index is -0.120. The summed E-state index contributed by atoms with van der Waals surface area (Å²) in [7, 11) is 3.37. The molecule has 0 bridgehead atoms. The van der Waals surface area contributed by atoms with E-state index in [4.69, 9.17) is 9.72 Å². The summed E-state index contributed by atoms with van der Waals surface area (Å²) in [5.41, 5.74) is 1.96. The first kappa shape index (κ1) is 23.4. The van der Waals surface area contributed by atoms with Gasteiger partial charge in [-0.25, -0.2) is 4.98 Å². The van der Waals surface area contributed by atoms with Crippen molar-refractivity contribution < 1.29 is 14.3 Å². The molecular weight excluding hydrogens is 444 g/mol. The molecule has 9 heteroatoms. The van der Waals surface area contributed by atoms with E-state index in [9.17, 15) is 9.59 Å². The monoisotopic (exact) mass is 478 g/mol. The molecule has 0 unspecified atom stereocenters. The largest absolute Gasteiger partial charge is 0.495 e. The van der Waals surface area contributed by atoms with Crippen molar-refractivity contribution in [2.45, 2.75) is 64.0 Å². The van der Waals surface area contributed by atoms with Gasteiger partial charge in [0.05, 0.1) is 24.9 Å². The normalized spacial score (nSPS) is 20.8. The van der Waals surface area contributed by atoms with Crippen LogP contribution in [-0.4, -0.2) is 54.6 Å². The molecule has 1 atom stereocenters. The number of hydrogen-bond donors (Lipinski definition) is 2.